The van der Waals surface area contributed by atoms with Crippen molar-refractivity contribution in [3.63, 3.8) is 0 Å². The van der Waals surface area contributed by atoms with Crippen LogP contribution < -0.4 is 0 Å². The molecule has 0 spiro atoms. The maximum atomic E-state index is 8.32. The van der Waals surface area contributed by atoms with Gasteiger partial charge in [-0.15, -0.1) is 0 Å². The molecule has 1 aliphatic rings. The Balaban J connectivity index is 0.000000250. The molecule has 1 heterocycles. The summed E-state index contributed by atoms with van der Waals surface area (Å²) in [7, 11) is 0. The molecular formula is C4H10O2. The second-order valence-electron chi connectivity index (χ2n) is 1.19. The van der Waals surface area contributed by atoms with Gasteiger partial charge in [-0.05, 0) is 0 Å². The fourth-order valence-electron chi connectivity index (χ4n) is 0.223. The van der Waals surface area contributed by atoms with Gasteiger partial charge in [0.2, 0.25) is 0 Å². The molecule has 0 unspecified atom stereocenters. The largest absolute Gasteiger partial charge is 0.388 e. The number of hydrogen-bond donors (Lipinski definition) is 1. The van der Waals surface area contributed by atoms with Crippen molar-refractivity contribution in [1.82, 2.24) is 0 Å². The van der Waals surface area contributed by atoms with E-state index in [2.05, 4.69) is 4.74 Å². The molecular weight excluding hydrogens is 80.0 g/mol. The second kappa shape index (κ2) is 2.16. The zero-order valence-corrected chi connectivity index (χ0v) is 2.85. The van der Waals surface area contributed by atoms with E-state index in [0.29, 0.717) is 13.2 Å². The normalized spacial score (nSPS) is 21.5. The van der Waals surface area contributed by atoms with Gasteiger partial charge in [0.15, 0.2) is 0 Å². The zero-order chi connectivity index (χ0) is 3.70. The van der Waals surface area contributed by atoms with Gasteiger partial charge in [0, 0.05) is 0 Å². The van der Waals surface area contributed by atoms with Crippen LogP contribution in [0.15, 0.2) is 0 Å². The maximum absolute atomic E-state index is 8.32. The summed E-state index contributed by atoms with van der Waals surface area (Å²) in [5.74, 6) is 0. The van der Waals surface area contributed by atoms with Gasteiger partial charge in [-0.25, -0.2) is 0 Å². The van der Waals surface area contributed by atoms with Crippen molar-refractivity contribution in [2.24, 2.45) is 0 Å². The lowest BCUT2D eigenvalue weighted by Crippen LogP contribution is -2.32. The molecule has 1 fully saturated rings. The molecule has 0 aromatic heterocycles. The molecule has 0 aliphatic carbocycles. The monoisotopic (exact) mass is 90.1 g/mol. The molecule has 1 N–H and O–H groups in total. The number of aliphatic hydroxyl groups is 1. The Bertz CT molecular complexity index is 32.5. The van der Waals surface area contributed by atoms with E-state index >= 15 is 0 Å². The molecule has 0 aromatic rings. The van der Waals surface area contributed by atoms with Crippen molar-refractivity contribution in [1.29, 1.82) is 0 Å². The van der Waals surface area contributed by atoms with E-state index in [1.54, 1.807) is 0 Å². The summed E-state index contributed by atoms with van der Waals surface area (Å²) in [6.45, 7) is 1.08. The first-order chi connectivity index (χ1) is 2.39. The summed E-state index contributed by atoms with van der Waals surface area (Å²) in [4.78, 5) is 0. The molecule has 0 aromatic carbocycles. The lowest BCUT2D eigenvalue weighted by Gasteiger charge is -2.18. The highest BCUT2D eigenvalue weighted by Crippen LogP contribution is 1.96. The number of aliphatic hydroxyl groups excluding tert-OH is 1. The first kappa shape index (κ1) is 5.92. The first-order valence-corrected chi connectivity index (χ1v) is 1.65. The molecule has 0 saturated carbocycles. The van der Waals surface area contributed by atoms with E-state index in [1.165, 1.54) is 0 Å². The predicted molar refractivity (Wildman–Crippen MR) is 23.6 cm³/mol. The molecule has 2 nitrogen and oxygen atoms in total. The minimum Gasteiger partial charge on any atom is -0.388 e. The molecule has 38 valence electrons. The Morgan fingerprint density at radius 1 is 1.50 bits per heavy atom. The highest BCUT2D eigenvalue weighted by atomic mass is 16.5. The molecule has 1 saturated heterocycles. The fraction of sp³-hybridized carbons (Fsp3) is 1.00. The minimum absolute atomic E-state index is 0. The standard InChI is InChI=1S/C3H6O2.CH4/c4-3-1-5-2-3;/h3-4H,1-2H2;1H4. The predicted octanol–water partition coefficient (Wildman–Crippen LogP) is 0.0136. The van der Waals surface area contributed by atoms with E-state index in [4.69, 9.17) is 5.11 Å². The van der Waals surface area contributed by atoms with Crippen molar-refractivity contribution in [3.8, 4) is 0 Å². The van der Waals surface area contributed by atoms with Gasteiger partial charge in [-0.3, -0.25) is 0 Å². The van der Waals surface area contributed by atoms with Gasteiger partial charge in [0.25, 0.3) is 0 Å². The molecule has 1 rings (SSSR count). The van der Waals surface area contributed by atoms with E-state index in [1.807, 2.05) is 0 Å². The number of rotatable bonds is 0. The van der Waals surface area contributed by atoms with E-state index in [0.717, 1.165) is 0 Å². The van der Waals surface area contributed by atoms with Gasteiger partial charge in [0.1, 0.15) is 6.10 Å². The molecule has 0 bridgehead atoms. The topological polar surface area (TPSA) is 29.5 Å². The van der Waals surface area contributed by atoms with Crippen LogP contribution in [0.1, 0.15) is 7.43 Å². The van der Waals surface area contributed by atoms with Gasteiger partial charge in [-0.1, -0.05) is 7.43 Å². The van der Waals surface area contributed by atoms with E-state index < -0.39 is 0 Å². The molecule has 0 atom stereocenters. The zero-order valence-electron chi connectivity index (χ0n) is 2.85. The molecule has 0 amide bonds. The second-order valence-corrected chi connectivity index (χ2v) is 1.19. The van der Waals surface area contributed by atoms with Crippen LogP contribution in [0, 0.1) is 0 Å². The van der Waals surface area contributed by atoms with Crippen LogP contribution in [-0.2, 0) is 4.74 Å². The van der Waals surface area contributed by atoms with Crippen LogP contribution in [0.25, 0.3) is 0 Å². The van der Waals surface area contributed by atoms with Crippen LogP contribution in [0.3, 0.4) is 0 Å². The fourth-order valence-corrected chi connectivity index (χ4v) is 0.223. The Hall–Kier alpha value is -0.0800. The third-order valence-corrected chi connectivity index (χ3v) is 0.620. The number of ether oxygens (including phenoxy) is 1. The summed E-state index contributed by atoms with van der Waals surface area (Å²) in [5.41, 5.74) is 0. The van der Waals surface area contributed by atoms with Crippen LogP contribution in [0.2, 0.25) is 0 Å². The average Bonchev–Trinajstić information content (AvgIpc) is 1.30. The Morgan fingerprint density at radius 2 is 1.83 bits per heavy atom. The van der Waals surface area contributed by atoms with Gasteiger partial charge in [-0.2, -0.15) is 0 Å². The van der Waals surface area contributed by atoms with Crippen molar-refractivity contribution in [3.05, 3.63) is 0 Å². The van der Waals surface area contributed by atoms with Crippen LogP contribution in [0.5, 0.6) is 0 Å². The lowest BCUT2D eigenvalue weighted by molar-refractivity contribution is -0.0936. The van der Waals surface area contributed by atoms with Gasteiger partial charge >= 0.3 is 0 Å². The Kier molecular flexibility index (Phi) is 2.13. The van der Waals surface area contributed by atoms with Gasteiger partial charge in [0.05, 0.1) is 13.2 Å². The van der Waals surface area contributed by atoms with Crippen molar-refractivity contribution in [2.45, 2.75) is 13.5 Å². The summed E-state index contributed by atoms with van der Waals surface area (Å²) < 4.78 is 4.58. The van der Waals surface area contributed by atoms with Crippen molar-refractivity contribution in [2.75, 3.05) is 13.2 Å². The van der Waals surface area contributed by atoms with Crippen molar-refractivity contribution < 1.29 is 9.84 Å². The third kappa shape index (κ3) is 0.954. The summed E-state index contributed by atoms with van der Waals surface area (Å²) in [6.07, 6.45) is -0.157. The maximum Gasteiger partial charge on any atom is 0.101 e. The van der Waals surface area contributed by atoms with E-state index in [9.17, 15) is 0 Å². The summed E-state index contributed by atoms with van der Waals surface area (Å²) >= 11 is 0. The lowest BCUT2D eigenvalue weighted by atomic mass is 10.3. The average molecular weight is 90.1 g/mol. The van der Waals surface area contributed by atoms with E-state index in [-0.39, 0.29) is 13.5 Å². The Morgan fingerprint density at radius 3 is 1.83 bits per heavy atom. The third-order valence-electron chi connectivity index (χ3n) is 0.620. The first-order valence-electron chi connectivity index (χ1n) is 1.65. The minimum atomic E-state index is -0.157. The van der Waals surface area contributed by atoms with Gasteiger partial charge < -0.3 is 9.84 Å². The van der Waals surface area contributed by atoms with Crippen LogP contribution in [-0.4, -0.2) is 24.4 Å². The molecule has 0 radical (unpaired) electrons. The van der Waals surface area contributed by atoms with Crippen LogP contribution >= 0.6 is 0 Å². The summed E-state index contributed by atoms with van der Waals surface area (Å²) in [5, 5.41) is 8.32. The van der Waals surface area contributed by atoms with Crippen molar-refractivity contribution >= 4 is 0 Å². The Labute approximate surface area is 37.7 Å². The smallest absolute Gasteiger partial charge is 0.101 e. The quantitative estimate of drug-likeness (QED) is 0.454. The SMILES string of the molecule is C.OC1COC1. The highest BCUT2D eigenvalue weighted by Gasteiger charge is 2.12. The van der Waals surface area contributed by atoms with Crippen LogP contribution in [0.4, 0.5) is 0 Å². The molecule has 2 heteroatoms. The molecule has 6 heavy (non-hydrogen) atoms. The highest BCUT2D eigenvalue weighted by molar-refractivity contribution is 4.59. The molecule has 1 aliphatic heterocycles. The summed E-state index contributed by atoms with van der Waals surface area (Å²) in [6, 6.07) is 0. The number of hydrogen-bond acceptors (Lipinski definition) is 2.